The van der Waals surface area contributed by atoms with Crippen molar-refractivity contribution in [1.82, 2.24) is 20.6 Å². The van der Waals surface area contributed by atoms with Crippen molar-refractivity contribution >= 4 is 17.5 Å². The molecule has 3 rings (SSSR count). The number of nitrogens with zero attached hydrogens (tertiary/aromatic N) is 3. The maximum atomic E-state index is 12.4. The van der Waals surface area contributed by atoms with Gasteiger partial charge in [-0.25, -0.2) is 0 Å². The second-order valence-electron chi connectivity index (χ2n) is 8.46. The first kappa shape index (κ1) is 35.3. The minimum atomic E-state index is -4.30. The molecule has 0 spiro atoms. The molecule has 9 nitrogen and oxygen atoms in total. The van der Waals surface area contributed by atoms with Gasteiger partial charge in [-0.3, -0.25) is 14.6 Å². The Labute approximate surface area is 274 Å². The van der Waals surface area contributed by atoms with Crippen LogP contribution in [-0.2, 0) is 11.0 Å². The topological polar surface area (TPSA) is 107 Å². The quantitative estimate of drug-likeness (QED) is 0.295. The van der Waals surface area contributed by atoms with E-state index < -0.39 is 11.7 Å². The molecule has 0 saturated heterocycles. The van der Waals surface area contributed by atoms with Gasteiger partial charge in [0.2, 0.25) is 5.91 Å². The van der Waals surface area contributed by atoms with Gasteiger partial charge in [-0.2, -0.15) is 13.2 Å². The predicted octanol–water partition coefficient (Wildman–Crippen LogP) is 2.25. The SMILES string of the molecule is CNC(=O)c1cc(Oc2cccc([N-]NC(C)=O)c2)ccn1.Cc1cc(C(F)(F)F)ccc1OCCN(C)C.[K+]. The number of rotatable bonds is 9. The van der Waals surface area contributed by atoms with Gasteiger partial charge in [0.05, 0.1) is 5.56 Å². The Kier molecular flexibility index (Phi) is 15.2. The van der Waals surface area contributed by atoms with Gasteiger partial charge < -0.3 is 30.5 Å². The van der Waals surface area contributed by atoms with Gasteiger partial charge in [0.1, 0.15) is 29.5 Å². The minimum Gasteiger partial charge on any atom is -0.595 e. The fourth-order valence-corrected chi connectivity index (χ4v) is 2.95. The van der Waals surface area contributed by atoms with Crippen LogP contribution >= 0.6 is 0 Å². The molecular formula is C27H31F3KN5O4. The number of benzene rings is 2. The van der Waals surface area contributed by atoms with Crippen LogP contribution in [0.2, 0.25) is 0 Å². The molecule has 0 bridgehead atoms. The van der Waals surface area contributed by atoms with Crippen LogP contribution in [-0.4, -0.2) is 56.0 Å². The summed E-state index contributed by atoms with van der Waals surface area (Å²) in [5.41, 5.74) is 6.93. The number of aryl methyl sites for hydroxylation is 1. The Bertz CT molecular complexity index is 1260. The van der Waals surface area contributed by atoms with Crippen molar-refractivity contribution in [3.05, 3.63) is 83.0 Å². The second kappa shape index (κ2) is 17.2. The number of aromatic nitrogens is 1. The van der Waals surface area contributed by atoms with Gasteiger partial charge in [0, 0.05) is 32.8 Å². The van der Waals surface area contributed by atoms with Crippen molar-refractivity contribution in [3.63, 3.8) is 0 Å². The molecule has 13 heteroatoms. The van der Waals surface area contributed by atoms with E-state index in [9.17, 15) is 22.8 Å². The molecular weight excluding hydrogens is 554 g/mol. The van der Waals surface area contributed by atoms with E-state index in [0.717, 1.165) is 18.7 Å². The average Bonchev–Trinajstić information content (AvgIpc) is 2.88. The number of hydrogen-bond acceptors (Lipinski definition) is 6. The molecule has 1 heterocycles. The number of pyridine rings is 1. The van der Waals surface area contributed by atoms with Crippen molar-refractivity contribution in [3.8, 4) is 17.2 Å². The van der Waals surface area contributed by atoms with E-state index in [0.29, 0.717) is 35.1 Å². The Morgan fingerprint density at radius 2 is 1.75 bits per heavy atom. The zero-order valence-electron chi connectivity index (χ0n) is 23.3. The fourth-order valence-electron chi connectivity index (χ4n) is 2.95. The van der Waals surface area contributed by atoms with Crippen LogP contribution in [0.1, 0.15) is 28.5 Å². The summed E-state index contributed by atoms with van der Waals surface area (Å²) < 4.78 is 48.3. The largest absolute Gasteiger partial charge is 1.00 e. The van der Waals surface area contributed by atoms with Crippen LogP contribution in [0, 0.1) is 6.92 Å². The first-order chi connectivity index (χ1) is 18.4. The number of nitrogens with one attached hydrogen (secondary N) is 2. The summed E-state index contributed by atoms with van der Waals surface area (Å²) in [6.07, 6.45) is -2.81. The Morgan fingerprint density at radius 3 is 2.35 bits per heavy atom. The van der Waals surface area contributed by atoms with Crippen LogP contribution in [0.3, 0.4) is 0 Å². The van der Waals surface area contributed by atoms with Gasteiger partial charge in [-0.05, 0) is 63.0 Å². The van der Waals surface area contributed by atoms with Gasteiger partial charge in [0.25, 0.3) is 5.91 Å². The van der Waals surface area contributed by atoms with Crippen molar-refractivity contribution in [2.24, 2.45) is 0 Å². The van der Waals surface area contributed by atoms with E-state index in [-0.39, 0.29) is 68.9 Å². The van der Waals surface area contributed by atoms with Crippen LogP contribution in [0.15, 0.2) is 60.8 Å². The molecule has 0 unspecified atom stereocenters. The smallest absolute Gasteiger partial charge is 0.595 e. The summed E-state index contributed by atoms with van der Waals surface area (Å²) in [7, 11) is 5.34. The third-order valence-electron chi connectivity index (χ3n) is 4.89. The summed E-state index contributed by atoms with van der Waals surface area (Å²) >= 11 is 0. The number of hydrogen-bond donors (Lipinski definition) is 2. The molecule has 2 N–H and O–H groups in total. The van der Waals surface area contributed by atoms with Crippen molar-refractivity contribution < 1.29 is 83.6 Å². The summed E-state index contributed by atoms with van der Waals surface area (Å²) in [5, 5.41) is 2.50. The minimum absolute atomic E-state index is 0. The van der Waals surface area contributed by atoms with Crippen LogP contribution in [0.4, 0.5) is 18.9 Å². The molecule has 210 valence electrons. The summed E-state index contributed by atoms with van der Waals surface area (Å²) in [6, 6.07) is 13.6. The van der Waals surface area contributed by atoms with Crippen molar-refractivity contribution in [1.29, 1.82) is 0 Å². The average molecular weight is 586 g/mol. The fraction of sp³-hybridized carbons (Fsp3) is 0.296. The Balaban J connectivity index is 0.000000403. The number of ether oxygens (including phenoxy) is 2. The van der Waals surface area contributed by atoms with E-state index in [1.54, 1.807) is 37.3 Å². The van der Waals surface area contributed by atoms with E-state index in [1.165, 1.54) is 32.3 Å². The molecule has 0 aliphatic rings. The van der Waals surface area contributed by atoms with Gasteiger partial charge in [0.15, 0.2) is 0 Å². The molecule has 0 saturated carbocycles. The van der Waals surface area contributed by atoms with Gasteiger partial charge >= 0.3 is 57.6 Å². The molecule has 2 amide bonds. The van der Waals surface area contributed by atoms with E-state index >= 15 is 0 Å². The maximum absolute atomic E-state index is 12.4. The van der Waals surface area contributed by atoms with Crippen LogP contribution in [0.5, 0.6) is 17.2 Å². The standard InChI is InChI=1S/C15H16N4O3.C12H16F3NO.K/c1-10(20)18-19-11-4-3-5-12(8-11)22-13-6-7-17-14(9-13)15(21)16-2;1-9-8-10(12(13,14)15)4-5-11(9)17-7-6-16(2)3;/h3-9H,1-2H3,(H3,16,17,18,19,20,21);4-5,8H,6-7H2,1-3H3;/q;;+1/p-1. The second-order valence-corrected chi connectivity index (χ2v) is 8.46. The zero-order valence-corrected chi connectivity index (χ0v) is 26.4. The van der Waals surface area contributed by atoms with Gasteiger partial charge in [-0.1, -0.05) is 12.1 Å². The zero-order chi connectivity index (χ0) is 29.0. The van der Waals surface area contributed by atoms with Crippen molar-refractivity contribution in [2.75, 3.05) is 34.3 Å². The molecule has 0 aliphatic heterocycles. The van der Waals surface area contributed by atoms with Gasteiger partial charge in [-0.15, -0.1) is 5.69 Å². The third kappa shape index (κ3) is 12.7. The Hall–Kier alpha value is -2.68. The third-order valence-corrected chi connectivity index (χ3v) is 4.89. The van der Waals surface area contributed by atoms with Crippen molar-refractivity contribution in [2.45, 2.75) is 20.0 Å². The molecule has 0 fully saturated rings. The summed E-state index contributed by atoms with van der Waals surface area (Å²) in [5.74, 6) is 0.960. The van der Waals surface area contributed by atoms with Crippen LogP contribution < -0.4 is 71.6 Å². The number of amides is 2. The number of likely N-dealkylation sites (N-methyl/N-ethyl adjacent to an activating group) is 1. The first-order valence-electron chi connectivity index (χ1n) is 11.8. The molecule has 1 aromatic heterocycles. The van der Waals surface area contributed by atoms with E-state index in [2.05, 4.69) is 21.2 Å². The monoisotopic (exact) mass is 585 g/mol. The van der Waals surface area contributed by atoms with E-state index in [4.69, 9.17) is 9.47 Å². The molecule has 0 radical (unpaired) electrons. The number of carbonyl (C=O) groups is 2. The predicted molar refractivity (Wildman–Crippen MR) is 141 cm³/mol. The maximum Gasteiger partial charge on any atom is 1.00 e. The Morgan fingerprint density at radius 1 is 1.05 bits per heavy atom. The number of halogens is 3. The molecule has 2 aromatic carbocycles. The summed E-state index contributed by atoms with van der Waals surface area (Å²) in [6.45, 7) is 4.17. The summed E-state index contributed by atoms with van der Waals surface area (Å²) in [4.78, 5) is 28.3. The van der Waals surface area contributed by atoms with Crippen LogP contribution in [0.25, 0.3) is 5.43 Å². The first-order valence-corrected chi connectivity index (χ1v) is 11.8. The molecule has 40 heavy (non-hydrogen) atoms. The normalized spacial score (nSPS) is 10.4. The number of carbonyl (C=O) groups excluding carboxylic acids is 2. The molecule has 3 aromatic rings. The molecule has 0 aliphatic carbocycles. The molecule has 0 atom stereocenters. The number of alkyl halides is 3. The van der Waals surface area contributed by atoms with E-state index in [1.807, 2.05) is 19.0 Å².